The number of halogens is 1. The van der Waals surface area contributed by atoms with Gasteiger partial charge in [0.05, 0.1) is 18.5 Å². The molecule has 1 heterocycles. The highest BCUT2D eigenvalue weighted by Crippen LogP contribution is 2.15. The minimum absolute atomic E-state index is 0.188. The Balaban J connectivity index is 2.03. The van der Waals surface area contributed by atoms with Crippen molar-refractivity contribution < 1.29 is 8.81 Å². The van der Waals surface area contributed by atoms with Crippen LogP contribution in [0, 0.1) is 5.82 Å². The van der Waals surface area contributed by atoms with Crippen LogP contribution in [0.4, 0.5) is 10.1 Å². The van der Waals surface area contributed by atoms with E-state index in [0.29, 0.717) is 6.54 Å². The van der Waals surface area contributed by atoms with Gasteiger partial charge in [-0.1, -0.05) is 13.0 Å². The predicted octanol–water partition coefficient (Wildman–Crippen LogP) is 3.02. The molecule has 4 heteroatoms. The van der Waals surface area contributed by atoms with Gasteiger partial charge in [0.2, 0.25) is 0 Å². The number of nitrogens with zero attached hydrogens (tertiary/aromatic N) is 1. The monoisotopic (exact) mass is 248 g/mol. The van der Waals surface area contributed by atoms with Gasteiger partial charge in [-0.05, 0) is 36.4 Å². The number of benzene rings is 1. The highest BCUT2D eigenvalue weighted by Gasteiger charge is 2.08. The average molecular weight is 248 g/mol. The lowest BCUT2D eigenvalue weighted by molar-refractivity contribution is 0.247. The van der Waals surface area contributed by atoms with E-state index in [4.69, 9.17) is 10.2 Å². The quantitative estimate of drug-likeness (QED) is 0.827. The fraction of sp³-hybridized carbons (Fsp3) is 0.286. The first-order chi connectivity index (χ1) is 8.69. The lowest BCUT2D eigenvalue weighted by Crippen LogP contribution is -2.22. The first-order valence-electron chi connectivity index (χ1n) is 5.97. The summed E-state index contributed by atoms with van der Waals surface area (Å²) in [4.78, 5) is 2.17. The molecule has 0 amide bonds. The summed E-state index contributed by atoms with van der Waals surface area (Å²) in [5.74, 6) is 0.550. The van der Waals surface area contributed by atoms with E-state index in [2.05, 4.69) is 11.8 Å². The first kappa shape index (κ1) is 12.6. The van der Waals surface area contributed by atoms with Crippen molar-refractivity contribution in [3.05, 3.63) is 53.7 Å². The second kappa shape index (κ2) is 5.69. The summed E-state index contributed by atoms with van der Waals surface area (Å²) in [6.45, 7) is 4.33. The van der Waals surface area contributed by atoms with Crippen molar-refractivity contribution in [1.82, 2.24) is 4.90 Å². The van der Waals surface area contributed by atoms with Crippen LogP contribution in [-0.4, -0.2) is 11.4 Å². The number of furan rings is 1. The van der Waals surface area contributed by atoms with E-state index in [1.165, 1.54) is 6.07 Å². The van der Waals surface area contributed by atoms with E-state index in [1.807, 2.05) is 18.2 Å². The molecule has 2 N–H and O–H groups in total. The molecule has 0 aliphatic heterocycles. The summed E-state index contributed by atoms with van der Waals surface area (Å²) < 4.78 is 18.7. The Kier molecular flexibility index (Phi) is 3.99. The smallest absolute Gasteiger partial charge is 0.146 e. The van der Waals surface area contributed by atoms with Crippen molar-refractivity contribution in [2.45, 2.75) is 20.0 Å². The van der Waals surface area contributed by atoms with Gasteiger partial charge in [-0.3, -0.25) is 4.90 Å². The second-order valence-electron chi connectivity index (χ2n) is 4.24. The molecule has 0 atom stereocenters. The maximum atomic E-state index is 13.3. The van der Waals surface area contributed by atoms with Crippen molar-refractivity contribution in [3.63, 3.8) is 0 Å². The molecule has 2 aromatic rings. The molecule has 1 aromatic heterocycles. The van der Waals surface area contributed by atoms with Gasteiger partial charge in [-0.25, -0.2) is 4.39 Å². The topological polar surface area (TPSA) is 42.4 Å². The van der Waals surface area contributed by atoms with Gasteiger partial charge < -0.3 is 10.2 Å². The summed E-state index contributed by atoms with van der Waals surface area (Å²) >= 11 is 0. The molecule has 96 valence electrons. The third-order valence-electron chi connectivity index (χ3n) is 2.88. The maximum Gasteiger partial charge on any atom is 0.146 e. The first-order valence-corrected chi connectivity index (χ1v) is 5.97. The van der Waals surface area contributed by atoms with Crippen LogP contribution >= 0.6 is 0 Å². The second-order valence-corrected chi connectivity index (χ2v) is 4.24. The Morgan fingerprint density at radius 3 is 2.72 bits per heavy atom. The van der Waals surface area contributed by atoms with E-state index in [9.17, 15) is 4.39 Å². The van der Waals surface area contributed by atoms with Gasteiger partial charge in [-0.2, -0.15) is 0 Å². The number of nitrogens with two attached hydrogens (primary N) is 1. The van der Waals surface area contributed by atoms with E-state index in [1.54, 1.807) is 12.3 Å². The van der Waals surface area contributed by atoms with E-state index in [-0.39, 0.29) is 11.5 Å². The van der Waals surface area contributed by atoms with Gasteiger partial charge >= 0.3 is 0 Å². The number of nitrogen functional groups attached to an aromatic ring is 1. The van der Waals surface area contributed by atoms with Crippen molar-refractivity contribution in [2.24, 2.45) is 0 Å². The van der Waals surface area contributed by atoms with Crippen LogP contribution < -0.4 is 5.73 Å². The molecule has 0 bridgehead atoms. The average Bonchev–Trinajstić information content (AvgIpc) is 2.86. The van der Waals surface area contributed by atoms with Crippen LogP contribution in [0.5, 0.6) is 0 Å². The molecule has 0 radical (unpaired) electrons. The molecule has 1 aromatic carbocycles. The van der Waals surface area contributed by atoms with Crippen molar-refractivity contribution >= 4 is 5.69 Å². The Hall–Kier alpha value is -1.81. The highest BCUT2D eigenvalue weighted by atomic mass is 19.1. The van der Waals surface area contributed by atoms with Crippen LogP contribution in [-0.2, 0) is 13.1 Å². The Bertz CT molecular complexity index is 497. The summed E-state index contributed by atoms with van der Waals surface area (Å²) in [6, 6.07) is 8.74. The van der Waals surface area contributed by atoms with Crippen LogP contribution in [0.25, 0.3) is 0 Å². The zero-order chi connectivity index (χ0) is 13.0. The standard InChI is InChI=1S/C14H17FN2O/c1-2-17(10-12-4-3-7-18-12)9-11-5-6-14(16)13(15)8-11/h3-8H,2,9-10,16H2,1H3. The number of hydrogen-bond acceptors (Lipinski definition) is 3. The molecule has 2 rings (SSSR count). The molecule has 0 aliphatic rings. The van der Waals surface area contributed by atoms with Crippen LogP contribution in [0.1, 0.15) is 18.2 Å². The minimum atomic E-state index is -0.360. The van der Waals surface area contributed by atoms with Crippen LogP contribution in [0.3, 0.4) is 0 Å². The fourth-order valence-electron chi connectivity index (χ4n) is 1.83. The van der Waals surface area contributed by atoms with Crippen molar-refractivity contribution in [3.8, 4) is 0 Å². The third-order valence-corrected chi connectivity index (χ3v) is 2.88. The van der Waals surface area contributed by atoms with Crippen molar-refractivity contribution in [2.75, 3.05) is 12.3 Å². The van der Waals surface area contributed by atoms with Gasteiger partial charge in [0.15, 0.2) is 0 Å². The Morgan fingerprint density at radius 2 is 2.11 bits per heavy atom. The van der Waals surface area contributed by atoms with Crippen LogP contribution in [0.15, 0.2) is 41.0 Å². The molecule has 0 spiro atoms. The third kappa shape index (κ3) is 3.11. The molecular weight excluding hydrogens is 231 g/mol. The van der Waals surface area contributed by atoms with E-state index >= 15 is 0 Å². The Labute approximate surface area is 106 Å². The molecule has 3 nitrogen and oxygen atoms in total. The van der Waals surface area contributed by atoms with Crippen LogP contribution in [0.2, 0.25) is 0 Å². The largest absolute Gasteiger partial charge is 0.468 e. The molecular formula is C14H17FN2O. The number of anilines is 1. The lowest BCUT2D eigenvalue weighted by atomic mass is 10.2. The highest BCUT2D eigenvalue weighted by molar-refractivity contribution is 5.41. The van der Waals surface area contributed by atoms with Gasteiger partial charge in [0.25, 0.3) is 0 Å². The molecule has 18 heavy (non-hydrogen) atoms. The maximum absolute atomic E-state index is 13.3. The van der Waals surface area contributed by atoms with Gasteiger partial charge in [-0.15, -0.1) is 0 Å². The Morgan fingerprint density at radius 1 is 1.28 bits per heavy atom. The molecule has 0 fully saturated rings. The number of rotatable bonds is 5. The SMILES string of the molecule is CCN(Cc1ccc(N)c(F)c1)Cc1ccco1. The molecule has 0 saturated heterocycles. The summed E-state index contributed by atoms with van der Waals surface area (Å²) in [5, 5.41) is 0. The molecule has 0 saturated carbocycles. The predicted molar refractivity (Wildman–Crippen MR) is 69.3 cm³/mol. The molecule has 0 unspecified atom stereocenters. The van der Waals surface area contributed by atoms with E-state index < -0.39 is 0 Å². The van der Waals surface area contributed by atoms with E-state index in [0.717, 1.165) is 24.4 Å². The van der Waals surface area contributed by atoms with Gasteiger partial charge in [0.1, 0.15) is 11.6 Å². The lowest BCUT2D eigenvalue weighted by Gasteiger charge is -2.19. The minimum Gasteiger partial charge on any atom is -0.468 e. The zero-order valence-electron chi connectivity index (χ0n) is 10.4. The van der Waals surface area contributed by atoms with Crippen molar-refractivity contribution in [1.29, 1.82) is 0 Å². The summed E-state index contributed by atoms with van der Waals surface area (Å²) in [7, 11) is 0. The fourth-order valence-corrected chi connectivity index (χ4v) is 1.83. The molecule has 0 aliphatic carbocycles. The normalized spacial score (nSPS) is 11.1. The summed E-state index contributed by atoms with van der Waals surface area (Å²) in [6.07, 6.45) is 1.66. The zero-order valence-corrected chi connectivity index (χ0v) is 10.4. The number of hydrogen-bond donors (Lipinski definition) is 1. The van der Waals surface area contributed by atoms with Gasteiger partial charge in [0, 0.05) is 6.54 Å². The summed E-state index contributed by atoms with van der Waals surface area (Å²) in [5.41, 5.74) is 6.56.